The molecular formula is C12H18O3Si. The number of aldehydes is 1. The average Bonchev–Trinajstić information content (AvgIpc) is 2.31. The number of rotatable bonds is 7. The second-order valence-electron chi connectivity index (χ2n) is 3.40. The Hall–Kier alpha value is -0.973. The van der Waals surface area contributed by atoms with Crippen molar-refractivity contribution >= 4 is 21.0 Å². The first-order chi connectivity index (χ1) is 7.80. The molecule has 0 radical (unpaired) electrons. The summed E-state index contributed by atoms with van der Waals surface area (Å²) in [6, 6.07) is 7.65. The molecule has 0 spiro atoms. The van der Waals surface area contributed by atoms with E-state index in [2.05, 4.69) is 0 Å². The molecule has 16 heavy (non-hydrogen) atoms. The van der Waals surface area contributed by atoms with Crippen LogP contribution in [0.1, 0.15) is 24.2 Å². The van der Waals surface area contributed by atoms with Crippen LogP contribution < -0.4 is 5.19 Å². The molecule has 0 atom stereocenters. The number of ether oxygens (including phenoxy) is 2. The minimum Gasteiger partial charge on any atom is -0.357 e. The Morgan fingerprint density at radius 2 is 1.75 bits per heavy atom. The van der Waals surface area contributed by atoms with Crippen molar-refractivity contribution < 1.29 is 14.3 Å². The van der Waals surface area contributed by atoms with E-state index in [-0.39, 0.29) is 5.91 Å². The molecule has 1 aromatic rings. The molecule has 0 saturated heterocycles. The molecular weight excluding hydrogens is 220 g/mol. The van der Waals surface area contributed by atoms with Gasteiger partial charge in [0.2, 0.25) is 0 Å². The average molecular weight is 238 g/mol. The Balaban J connectivity index is 2.58. The highest BCUT2D eigenvalue weighted by Crippen LogP contribution is 1.96. The zero-order valence-corrected chi connectivity index (χ0v) is 11.2. The van der Waals surface area contributed by atoms with Crippen molar-refractivity contribution in [2.75, 3.05) is 13.2 Å². The van der Waals surface area contributed by atoms with Gasteiger partial charge in [-0.2, -0.15) is 0 Å². The Labute approximate surface area is 98.6 Å². The highest BCUT2D eigenvalue weighted by atomic mass is 28.2. The summed E-state index contributed by atoms with van der Waals surface area (Å²) in [6.45, 7) is 5.28. The zero-order chi connectivity index (χ0) is 11.8. The summed E-state index contributed by atoms with van der Waals surface area (Å²) >= 11 is 0. The van der Waals surface area contributed by atoms with Crippen molar-refractivity contribution in [1.82, 2.24) is 0 Å². The van der Waals surface area contributed by atoms with Crippen molar-refractivity contribution in [3.63, 3.8) is 0 Å². The van der Waals surface area contributed by atoms with E-state index in [4.69, 9.17) is 9.47 Å². The summed E-state index contributed by atoms with van der Waals surface area (Å²) in [7, 11) is -0.603. The van der Waals surface area contributed by atoms with E-state index in [0.717, 1.165) is 6.29 Å². The van der Waals surface area contributed by atoms with Crippen molar-refractivity contribution in [2.45, 2.75) is 19.8 Å². The SMILES string of the molecule is CCOC(OCC)[SiH2]c1ccc(C=O)cc1. The van der Waals surface area contributed by atoms with Crippen LogP contribution >= 0.6 is 0 Å². The molecule has 0 bridgehead atoms. The Kier molecular flexibility index (Phi) is 5.99. The standard InChI is InChI=1S/C12H18O3Si/c1-3-14-12(15-4-2)16-11-7-5-10(9-13)6-8-11/h5-9,12H,3-4,16H2,1-2H3. The minimum absolute atomic E-state index is 0.0583. The summed E-state index contributed by atoms with van der Waals surface area (Å²) in [5.74, 6) is -0.0583. The van der Waals surface area contributed by atoms with Crippen LogP contribution in [0.25, 0.3) is 0 Å². The number of hydrogen-bond donors (Lipinski definition) is 0. The van der Waals surface area contributed by atoms with Crippen molar-refractivity contribution in [1.29, 1.82) is 0 Å². The molecule has 0 N–H and O–H groups in total. The first-order valence-corrected chi connectivity index (χ1v) is 7.09. The monoisotopic (exact) mass is 238 g/mol. The first kappa shape index (κ1) is 13.1. The predicted molar refractivity (Wildman–Crippen MR) is 67.0 cm³/mol. The van der Waals surface area contributed by atoms with Gasteiger partial charge in [-0.05, 0) is 13.8 Å². The molecule has 1 rings (SSSR count). The summed E-state index contributed by atoms with van der Waals surface area (Å²) < 4.78 is 11.0. The van der Waals surface area contributed by atoms with Crippen LogP contribution in [0.2, 0.25) is 0 Å². The van der Waals surface area contributed by atoms with E-state index in [9.17, 15) is 4.79 Å². The molecule has 0 heterocycles. The lowest BCUT2D eigenvalue weighted by molar-refractivity contribution is -0.0817. The summed E-state index contributed by atoms with van der Waals surface area (Å²) in [4.78, 5) is 10.5. The molecule has 0 aromatic heterocycles. The normalized spacial score (nSPS) is 11.4. The van der Waals surface area contributed by atoms with Gasteiger partial charge in [-0.3, -0.25) is 4.79 Å². The molecule has 0 unspecified atom stereocenters. The first-order valence-electron chi connectivity index (χ1n) is 5.57. The van der Waals surface area contributed by atoms with Crippen LogP contribution in [0.4, 0.5) is 0 Å². The highest BCUT2D eigenvalue weighted by Gasteiger charge is 2.09. The number of carbonyl (C=O) groups is 1. The van der Waals surface area contributed by atoms with E-state index in [0.29, 0.717) is 18.8 Å². The smallest absolute Gasteiger partial charge is 0.150 e. The van der Waals surface area contributed by atoms with E-state index in [1.165, 1.54) is 5.19 Å². The van der Waals surface area contributed by atoms with Gasteiger partial charge in [0.05, 0.1) is 0 Å². The lowest BCUT2D eigenvalue weighted by Gasteiger charge is -2.16. The van der Waals surface area contributed by atoms with Crippen molar-refractivity contribution in [3.05, 3.63) is 29.8 Å². The minimum atomic E-state index is -0.603. The van der Waals surface area contributed by atoms with Gasteiger partial charge in [-0.25, -0.2) is 0 Å². The zero-order valence-electron chi connectivity index (χ0n) is 9.81. The third kappa shape index (κ3) is 4.26. The van der Waals surface area contributed by atoms with Crippen LogP contribution in [-0.4, -0.2) is 34.9 Å². The molecule has 4 heteroatoms. The third-order valence-electron chi connectivity index (χ3n) is 2.22. The van der Waals surface area contributed by atoms with E-state index < -0.39 is 9.52 Å². The molecule has 0 aliphatic rings. The van der Waals surface area contributed by atoms with Gasteiger partial charge >= 0.3 is 0 Å². The Bertz CT molecular complexity index is 305. The third-order valence-corrected chi connectivity index (χ3v) is 3.97. The number of carbonyl (C=O) groups excluding carboxylic acids is 1. The summed E-state index contributed by atoms with van der Waals surface area (Å²) in [5, 5.41) is 1.25. The molecule has 0 aliphatic carbocycles. The highest BCUT2D eigenvalue weighted by molar-refractivity contribution is 6.54. The molecule has 0 amide bonds. The second-order valence-corrected chi connectivity index (χ2v) is 5.30. The topological polar surface area (TPSA) is 35.5 Å². The van der Waals surface area contributed by atoms with Gasteiger partial charge in [-0.15, -0.1) is 0 Å². The van der Waals surface area contributed by atoms with Crippen molar-refractivity contribution in [2.24, 2.45) is 0 Å². The van der Waals surface area contributed by atoms with Gasteiger partial charge in [0.25, 0.3) is 0 Å². The van der Waals surface area contributed by atoms with Crippen LogP contribution in [0.5, 0.6) is 0 Å². The van der Waals surface area contributed by atoms with Gasteiger partial charge < -0.3 is 9.47 Å². The maximum Gasteiger partial charge on any atom is 0.150 e. The van der Waals surface area contributed by atoms with Crippen LogP contribution in [0.3, 0.4) is 0 Å². The fourth-order valence-corrected chi connectivity index (χ4v) is 3.06. The molecule has 1 aromatic carbocycles. The maximum atomic E-state index is 10.5. The Morgan fingerprint density at radius 3 is 2.19 bits per heavy atom. The molecule has 0 aliphatic heterocycles. The summed E-state index contributed by atoms with van der Waals surface area (Å²) in [6.07, 6.45) is 0.855. The fourth-order valence-electron chi connectivity index (χ4n) is 1.46. The van der Waals surface area contributed by atoms with Gasteiger partial charge in [0, 0.05) is 18.8 Å². The molecule has 0 fully saturated rings. The Morgan fingerprint density at radius 1 is 1.19 bits per heavy atom. The molecule has 3 nitrogen and oxygen atoms in total. The van der Waals surface area contributed by atoms with Crippen LogP contribution in [-0.2, 0) is 9.47 Å². The van der Waals surface area contributed by atoms with Gasteiger partial charge in [0.15, 0.2) is 0 Å². The van der Waals surface area contributed by atoms with Crippen molar-refractivity contribution in [3.8, 4) is 0 Å². The van der Waals surface area contributed by atoms with Crippen LogP contribution in [0.15, 0.2) is 24.3 Å². The molecule has 88 valence electrons. The quantitative estimate of drug-likeness (QED) is 0.397. The second kappa shape index (κ2) is 7.32. The van der Waals surface area contributed by atoms with E-state index in [1.807, 2.05) is 38.1 Å². The largest absolute Gasteiger partial charge is 0.357 e. The van der Waals surface area contributed by atoms with Gasteiger partial charge in [-0.1, -0.05) is 29.5 Å². The number of benzene rings is 1. The predicted octanol–water partition coefficient (Wildman–Crippen LogP) is 0.650. The lowest BCUT2D eigenvalue weighted by Crippen LogP contribution is -2.33. The fraction of sp³-hybridized carbons (Fsp3) is 0.417. The molecule has 0 saturated carbocycles. The maximum absolute atomic E-state index is 10.5. The number of hydrogen-bond acceptors (Lipinski definition) is 3. The van der Waals surface area contributed by atoms with Crippen LogP contribution in [0, 0.1) is 0 Å². The van der Waals surface area contributed by atoms with E-state index >= 15 is 0 Å². The summed E-state index contributed by atoms with van der Waals surface area (Å²) in [5.41, 5.74) is 0.710. The van der Waals surface area contributed by atoms with Gasteiger partial charge in [0.1, 0.15) is 21.7 Å². The lowest BCUT2D eigenvalue weighted by atomic mass is 10.2. The van der Waals surface area contributed by atoms with E-state index in [1.54, 1.807) is 0 Å².